The Morgan fingerprint density at radius 1 is 1.00 bits per heavy atom. The van der Waals surface area contributed by atoms with Gasteiger partial charge in [-0.2, -0.15) is 0 Å². The molecule has 2 rings (SSSR count). The molecule has 2 nitrogen and oxygen atoms in total. The Morgan fingerprint density at radius 3 is 2.42 bits per heavy atom. The van der Waals surface area contributed by atoms with Crippen molar-refractivity contribution in [3.8, 4) is 5.75 Å². The minimum absolute atomic E-state index is 0.0160. The van der Waals surface area contributed by atoms with E-state index in [0.29, 0.717) is 6.61 Å². The normalized spacial score (nSPS) is 12.2. The van der Waals surface area contributed by atoms with Crippen molar-refractivity contribution in [3.63, 3.8) is 0 Å². The topological polar surface area (TPSA) is 35.2 Å². The molecule has 0 saturated heterocycles. The predicted octanol–water partition coefficient (Wildman–Crippen LogP) is 3.25. The lowest BCUT2D eigenvalue weighted by atomic mass is 10.0. The van der Waals surface area contributed by atoms with Gasteiger partial charge in [-0.15, -0.1) is 0 Å². The number of hydrogen-bond donors (Lipinski definition) is 1. The van der Waals surface area contributed by atoms with E-state index in [4.69, 9.17) is 10.5 Å². The van der Waals surface area contributed by atoms with E-state index in [1.54, 1.807) is 0 Å². The van der Waals surface area contributed by atoms with Crippen molar-refractivity contribution in [1.82, 2.24) is 0 Å². The number of nitrogens with two attached hydrogens (primary N) is 1. The summed E-state index contributed by atoms with van der Waals surface area (Å²) in [5.74, 6) is 0.873. The average molecular weight is 255 g/mol. The van der Waals surface area contributed by atoms with Gasteiger partial charge in [0.2, 0.25) is 0 Å². The summed E-state index contributed by atoms with van der Waals surface area (Å²) in [5, 5.41) is 0. The number of aryl methyl sites for hydroxylation is 2. The highest BCUT2D eigenvalue weighted by molar-refractivity contribution is 5.30. The second-order valence-corrected chi connectivity index (χ2v) is 5.01. The quantitative estimate of drug-likeness (QED) is 0.890. The van der Waals surface area contributed by atoms with E-state index >= 15 is 0 Å². The number of ether oxygens (including phenoxy) is 1. The third kappa shape index (κ3) is 4.11. The molecule has 0 spiro atoms. The molecule has 2 aromatic carbocycles. The van der Waals surface area contributed by atoms with Gasteiger partial charge in [-0.05, 0) is 49.1 Å². The van der Waals surface area contributed by atoms with Crippen molar-refractivity contribution in [1.29, 1.82) is 0 Å². The van der Waals surface area contributed by atoms with Crippen LogP contribution in [0.1, 0.15) is 16.7 Å². The summed E-state index contributed by atoms with van der Waals surface area (Å²) in [5.41, 5.74) is 10.0. The van der Waals surface area contributed by atoms with E-state index in [1.807, 2.05) is 30.3 Å². The second kappa shape index (κ2) is 6.39. The van der Waals surface area contributed by atoms with Crippen molar-refractivity contribution in [2.24, 2.45) is 5.73 Å². The summed E-state index contributed by atoms with van der Waals surface area (Å²) in [6, 6.07) is 16.3. The van der Waals surface area contributed by atoms with Crippen LogP contribution in [0.4, 0.5) is 0 Å². The molecule has 0 saturated carbocycles. The lowest BCUT2D eigenvalue weighted by Crippen LogP contribution is -2.30. The van der Waals surface area contributed by atoms with E-state index in [2.05, 4.69) is 32.0 Å². The fraction of sp³-hybridized carbons (Fsp3) is 0.294. The van der Waals surface area contributed by atoms with Crippen LogP contribution in [0, 0.1) is 13.8 Å². The summed E-state index contributed by atoms with van der Waals surface area (Å²) >= 11 is 0. The number of para-hydroxylation sites is 1. The maximum absolute atomic E-state index is 6.12. The second-order valence-electron chi connectivity index (χ2n) is 5.01. The molecule has 0 aliphatic carbocycles. The molecule has 0 bridgehead atoms. The number of benzene rings is 2. The highest BCUT2D eigenvalue weighted by Gasteiger charge is 2.06. The smallest absolute Gasteiger partial charge is 0.119 e. The minimum Gasteiger partial charge on any atom is -0.492 e. The summed E-state index contributed by atoms with van der Waals surface area (Å²) in [6.07, 6.45) is 0.841. The van der Waals surface area contributed by atoms with E-state index in [1.165, 1.54) is 16.7 Å². The Hall–Kier alpha value is -1.80. The first-order valence-electron chi connectivity index (χ1n) is 6.64. The molecule has 0 aromatic heterocycles. The summed E-state index contributed by atoms with van der Waals surface area (Å²) in [7, 11) is 0. The third-order valence-corrected chi connectivity index (χ3v) is 3.28. The van der Waals surface area contributed by atoms with E-state index in [-0.39, 0.29) is 6.04 Å². The lowest BCUT2D eigenvalue weighted by Gasteiger charge is -2.14. The zero-order valence-electron chi connectivity index (χ0n) is 11.6. The van der Waals surface area contributed by atoms with Crippen LogP contribution in [0.3, 0.4) is 0 Å². The molecule has 2 heteroatoms. The Kier molecular flexibility index (Phi) is 4.58. The Bertz CT molecular complexity index is 522. The van der Waals surface area contributed by atoms with Crippen LogP contribution in [0.2, 0.25) is 0 Å². The first-order chi connectivity index (χ1) is 9.15. The maximum Gasteiger partial charge on any atom is 0.119 e. The van der Waals surface area contributed by atoms with E-state index in [9.17, 15) is 0 Å². The molecule has 2 N–H and O–H groups in total. The average Bonchev–Trinajstić information content (AvgIpc) is 2.42. The molecule has 0 fully saturated rings. The van der Waals surface area contributed by atoms with Gasteiger partial charge in [-0.1, -0.05) is 36.4 Å². The van der Waals surface area contributed by atoms with Gasteiger partial charge in [0, 0.05) is 6.04 Å². The molecular formula is C17H21NO. The molecule has 1 unspecified atom stereocenters. The molecule has 0 radical (unpaired) electrons. The zero-order chi connectivity index (χ0) is 13.7. The van der Waals surface area contributed by atoms with Gasteiger partial charge < -0.3 is 10.5 Å². The summed E-state index contributed by atoms with van der Waals surface area (Å²) < 4.78 is 5.67. The lowest BCUT2D eigenvalue weighted by molar-refractivity contribution is 0.287. The SMILES string of the molecule is Cc1ccc(CC(N)COc2ccccc2)cc1C. The first-order valence-corrected chi connectivity index (χ1v) is 6.64. The van der Waals surface area contributed by atoms with Crippen LogP contribution < -0.4 is 10.5 Å². The van der Waals surface area contributed by atoms with Crippen LogP contribution in [0.25, 0.3) is 0 Å². The van der Waals surface area contributed by atoms with Crippen LogP contribution in [0.5, 0.6) is 5.75 Å². The molecule has 0 aliphatic rings. The Morgan fingerprint density at radius 2 is 1.74 bits per heavy atom. The largest absolute Gasteiger partial charge is 0.492 e. The van der Waals surface area contributed by atoms with Crippen molar-refractivity contribution in [2.45, 2.75) is 26.3 Å². The van der Waals surface area contributed by atoms with Gasteiger partial charge >= 0.3 is 0 Å². The molecule has 100 valence electrons. The molecule has 0 aliphatic heterocycles. The first kappa shape index (κ1) is 13.6. The standard InChI is InChI=1S/C17H21NO/c1-13-8-9-15(10-14(13)2)11-16(18)12-19-17-6-4-3-5-7-17/h3-10,16H,11-12,18H2,1-2H3. The van der Waals surface area contributed by atoms with Crippen LogP contribution in [-0.4, -0.2) is 12.6 Å². The Balaban J connectivity index is 1.87. The van der Waals surface area contributed by atoms with Gasteiger partial charge in [0.25, 0.3) is 0 Å². The fourth-order valence-corrected chi connectivity index (χ4v) is 2.01. The van der Waals surface area contributed by atoms with Gasteiger partial charge in [0.15, 0.2) is 0 Å². The highest BCUT2D eigenvalue weighted by atomic mass is 16.5. The molecule has 2 aromatic rings. The third-order valence-electron chi connectivity index (χ3n) is 3.28. The van der Waals surface area contributed by atoms with Crippen LogP contribution >= 0.6 is 0 Å². The van der Waals surface area contributed by atoms with Crippen molar-refractivity contribution >= 4 is 0 Å². The Labute approximate surface area is 115 Å². The van der Waals surface area contributed by atoms with Crippen LogP contribution in [0.15, 0.2) is 48.5 Å². The zero-order valence-corrected chi connectivity index (χ0v) is 11.6. The summed E-state index contributed by atoms with van der Waals surface area (Å²) in [4.78, 5) is 0. The van der Waals surface area contributed by atoms with Gasteiger partial charge in [-0.25, -0.2) is 0 Å². The molecule has 0 heterocycles. The van der Waals surface area contributed by atoms with Crippen molar-refractivity contribution in [3.05, 3.63) is 65.2 Å². The van der Waals surface area contributed by atoms with Crippen molar-refractivity contribution in [2.75, 3.05) is 6.61 Å². The van der Waals surface area contributed by atoms with Gasteiger partial charge in [0.05, 0.1) is 0 Å². The monoisotopic (exact) mass is 255 g/mol. The number of hydrogen-bond acceptors (Lipinski definition) is 2. The molecule has 19 heavy (non-hydrogen) atoms. The molecule has 0 amide bonds. The van der Waals surface area contributed by atoms with E-state index in [0.717, 1.165) is 12.2 Å². The maximum atomic E-state index is 6.12. The fourth-order valence-electron chi connectivity index (χ4n) is 2.01. The van der Waals surface area contributed by atoms with Gasteiger partial charge in [-0.3, -0.25) is 0 Å². The van der Waals surface area contributed by atoms with Crippen LogP contribution in [-0.2, 0) is 6.42 Å². The van der Waals surface area contributed by atoms with E-state index < -0.39 is 0 Å². The molecule has 1 atom stereocenters. The van der Waals surface area contributed by atoms with Crippen molar-refractivity contribution < 1.29 is 4.74 Å². The summed E-state index contributed by atoms with van der Waals surface area (Å²) in [6.45, 7) is 4.79. The number of rotatable bonds is 5. The minimum atomic E-state index is 0.0160. The van der Waals surface area contributed by atoms with Gasteiger partial charge in [0.1, 0.15) is 12.4 Å². The predicted molar refractivity (Wildman–Crippen MR) is 79.5 cm³/mol. The highest BCUT2D eigenvalue weighted by Crippen LogP contribution is 2.12. The molecular weight excluding hydrogens is 234 g/mol.